The van der Waals surface area contributed by atoms with Crippen molar-refractivity contribution in [3.8, 4) is 5.75 Å². The molecular formula is C15H22N2O. The van der Waals surface area contributed by atoms with E-state index in [2.05, 4.69) is 42.3 Å². The molecule has 0 spiro atoms. The van der Waals surface area contributed by atoms with Gasteiger partial charge in [0.15, 0.2) is 0 Å². The monoisotopic (exact) mass is 246 g/mol. The van der Waals surface area contributed by atoms with Crippen molar-refractivity contribution in [1.82, 2.24) is 0 Å². The van der Waals surface area contributed by atoms with E-state index in [1.165, 1.54) is 30.8 Å². The lowest BCUT2D eigenvalue weighted by atomic mass is 9.75. The van der Waals surface area contributed by atoms with Crippen LogP contribution in [0.4, 0.5) is 11.4 Å². The van der Waals surface area contributed by atoms with Gasteiger partial charge in [-0.15, -0.1) is 0 Å². The molecule has 1 N–H and O–H groups in total. The molecule has 1 unspecified atom stereocenters. The molecule has 98 valence electrons. The standard InChI is InChI=1S/C15H22N2O/c1-15(2)7-4-8-17-13-6-5-11(18-3)9-12(13)16-10-14(15)17/h5-6,9,14,16H,4,7-8,10H2,1-3H3. The number of benzene rings is 1. The Morgan fingerprint density at radius 3 is 3.00 bits per heavy atom. The minimum atomic E-state index is 0.392. The fourth-order valence-corrected chi connectivity index (χ4v) is 3.36. The minimum Gasteiger partial charge on any atom is -0.497 e. The molecule has 0 radical (unpaired) electrons. The molecular weight excluding hydrogens is 224 g/mol. The first-order chi connectivity index (χ1) is 8.62. The summed E-state index contributed by atoms with van der Waals surface area (Å²) in [5.41, 5.74) is 2.94. The van der Waals surface area contributed by atoms with Crippen molar-refractivity contribution in [1.29, 1.82) is 0 Å². The van der Waals surface area contributed by atoms with Crippen LogP contribution in [0.15, 0.2) is 18.2 Å². The summed E-state index contributed by atoms with van der Waals surface area (Å²) in [6.45, 7) is 6.99. The smallest absolute Gasteiger partial charge is 0.121 e. The first-order valence-electron chi connectivity index (χ1n) is 6.80. The second-order valence-electron chi connectivity index (χ2n) is 6.07. The molecule has 0 amide bonds. The molecule has 1 saturated heterocycles. The third kappa shape index (κ3) is 1.73. The quantitative estimate of drug-likeness (QED) is 0.824. The molecule has 1 fully saturated rings. The Morgan fingerprint density at radius 2 is 2.22 bits per heavy atom. The lowest BCUT2D eigenvalue weighted by Crippen LogP contribution is -2.55. The normalized spacial score (nSPS) is 24.8. The van der Waals surface area contributed by atoms with E-state index in [1.54, 1.807) is 7.11 Å². The Balaban J connectivity index is 1.98. The summed E-state index contributed by atoms with van der Waals surface area (Å²) >= 11 is 0. The summed E-state index contributed by atoms with van der Waals surface area (Å²) in [6, 6.07) is 6.96. The average Bonchev–Trinajstić information content (AvgIpc) is 2.37. The molecule has 18 heavy (non-hydrogen) atoms. The maximum atomic E-state index is 5.30. The molecule has 0 aliphatic carbocycles. The van der Waals surface area contributed by atoms with Crippen LogP contribution in [-0.4, -0.2) is 26.2 Å². The molecule has 2 heterocycles. The van der Waals surface area contributed by atoms with Crippen LogP contribution < -0.4 is 15.0 Å². The summed E-state index contributed by atoms with van der Waals surface area (Å²) < 4.78 is 5.30. The molecule has 0 aromatic heterocycles. The fourth-order valence-electron chi connectivity index (χ4n) is 3.36. The van der Waals surface area contributed by atoms with Crippen LogP contribution in [0.2, 0.25) is 0 Å². The second kappa shape index (κ2) is 4.08. The highest BCUT2D eigenvalue weighted by Gasteiger charge is 2.40. The number of rotatable bonds is 1. The third-order valence-electron chi connectivity index (χ3n) is 4.50. The number of methoxy groups -OCH3 is 1. The van der Waals surface area contributed by atoms with Crippen LogP contribution in [-0.2, 0) is 0 Å². The van der Waals surface area contributed by atoms with Gasteiger partial charge in [-0.1, -0.05) is 13.8 Å². The van der Waals surface area contributed by atoms with Gasteiger partial charge in [-0.2, -0.15) is 0 Å². The second-order valence-corrected chi connectivity index (χ2v) is 6.07. The number of anilines is 2. The molecule has 0 bridgehead atoms. The minimum absolute atomic E-state index is 0.392. The summed E-state index contributed by atoms with van der Waals surface area (Å²) in [4.78, 5) is 2.58. The third-order valence-corrected chi connectivity index (χ3v) is 4.50. The summed E-state index contributed by atoms with van der Waals surface area (Å²) in [6.07, 6.45) is 2.61. The van der Waals surface area contributed by atoms with Crippen molar-refractivity contribution < 1.29 is 4.74 Å². The molecule has 2 aliphatic heterocycles. The zero-order chi connectivity index (χ0) is 12.8. The number of hydrogen-bond acceptors (Lipinski definition) is 3. The Morgan fingerprint density at radius 1 is 1.39 bits per heavy atom. The van der Waals surface area contributed by atoms with Crippen LogP contribution in [0.3, 0.4) is 0 Å². The fraction of sp³-hybridized carbons (Fsp3) is 0.600. The topological polar surface area (TPSA) is 24.5 Å². The van der Waals surface area contributed by atoms with Gasteiger partial charge >= 0.3 is 0 Å². The Bertz CT molecular complexity index is 456. The lowest BCUT2D eigenvalue weighted by molar-refractivity contribution is 0.217. The van der Waals surface area contributed by atoms with Gasteiger partial charge in [-0.05, 0) is 30.4 Å². The number of fused-ring (bicyclic) bond motifs is 3. The number of ether oxygens (including phenoxy) is 1. The van der Waals surface area contributed by atoms with Crippen molar-refractivity contribution in [2.45, 2.75) is 32.7 Å². The predicted molar refractivity (Wildman–Crippen MR) is 75.6 cm³/mol. The SMILES string of the molecule is COc1ccc2c(c1)NCC1N2CCCC1(C)C. The van der Waals surface area contributed by atoms with Crippen molar-refractivity contribution >= 4 is 11.4 Å². The van der Waals surface area contributed by atoms with Crippen molar-refractivity contribution in [2.75, 3.05) is 30.4 Å². The highest BCUT2D eigenvalue weighted by atomic mass is 16.5. The molecule has 2 aliphatic rings. The zero-order valence-corrected chi connectivity index (χ0v) is 11.5. The van der Waals surface area contributed by atoms with Gasteiger partial charge in [0, 0.05) is 19.2 Å². The van der Waals surface area contributed by atoms with Gasteiger partial charge in [-0.3, -0.25) is 0 Å². The largest absolute Gasteiger partial charge is 0.497 e. The van der Waals surface area contributed by atoms with Crippen molar-refractivity contribution in [3.05, 3.63) is 18.2 Å². The van der Waals surface area contributed by atoms with E-state index in [9.17, 15) is 0 Å². The molecule has 1 aromatic rings. The average molecular weight is 246 g/mol. The first kappa shape index (κ1) is 11.7. The van der Waals surface area contributed by atoms with Gasteiger partial charge in [0.1, 0.15) is 5.75 Å². The molecule has 1 atom stereocenters. The zero-order valence-electron chi connectivity index (χ0n) is 11.5. The number of nitrogens with one attached hydrogen (secondary N) is 1. The first-order valence-corrected chi connectivity index (χ1v) is 6.80. The van der Waals surface area contributed by atoms with E-state index < -0.39 is 0 Å². The lowest BCUT2D eigenvalue weighted by Gasteiger charge is -2.51. The van der Waals surface area contributed by atoms with Gasteiger partial charge in [0.2, 0.25) is 0 Å². The highest BCUT2D eigenvalue weighted by Crippen LogP contribution is 2.43. The summed E-state index contributed by atoms with van der Waals surface area (Å²) in [5, 5.41) is 3.57. The number of nitrogens with zero attached hydrogens (tertiary/aromatic N) is 1. The number of piperidine rings is 1. The Labute approximate surface area is 109 Å². The Kier molecular flexibility index (Phi) is 2.65. The van der Waals surface area contributed by atoms with E-state index in [-0.39, 0.29) is 0 Å². The maximum absolute atomic E-state index is 5.30. The molecule has 3 rings (SSSR count). The molecule has 1 aromatic carbocycles. The van der Waals surface area contributed by atoms with E-state index in [0.717, 1.165) is 12.3 Å². The van der Waals surface area contributed by atoms with E-state index in [1.807, 2.05) is 0 Å². The van der Waals surface area contributed by atoms with E-state index in [4.69, 9.17) is 4.74 Å². The highest BCUT2D eigenvalue weighted by molar-refractivity contribution is 5.75. The molecule has 3 heteroatoms. The van der Waals surface area contributed by atoms with Gasteiger partial charge < -0.3 is 15.0 Å². The van der Waals surface area contributed by atoms with E-state index in [0.29, 0.717) is 11.5 Å². The predicted octanol–water partition coefficient (Wildman–Crippen LogP) is 3.12. The molecule has 0 saturated carbocycles. The summed E-state index contributed by atoms with van der Waals surface area (Å²) in [5.74, 6) is 0.927. The van der Waals surface area contributed by atoms with Gasteiger partial charge in [0.05, 0.1) is 24.5 Å². The van der Waals surface area contributed by atoms with Crippen LogP contribution in [0.5, 0.6) is 5.75 Å². The Hall–Kier alpha value is -1.38. The van der Waals surface area contributed by atoms with Crippen LogP contribution in [0, 0.1) is 5.41 Å². The van der Waals surface area contributed by atoms with Crippen LogP contribution in [0.1, 0.15) is 26.7 Å². The van der Waals surface area contributed by atoms with Gasteiger partial charge in [-0.25, -0.2) is 0 Å². The summed E-state index contributed by atoms with van der Waals surface area (Å²) in [7, 11) is 1.72. The number of hydrogen-bond donors (Lipinski definition) is 1. The van der Waals surface area contributed by atoms with Crippen molar-refractivity contribution in [2.24, 2.45) is 5.41 Å². The van der Waals surface area contributed by atoms with Crippen molar-refractivity contribution in [3.63, 3.8) is 0 Å². The maximum Gasteiger partial charge on any atom is 0.121 e. The molecule has 3 nitrogen and oxygen atoms in total. The van der Waals surface area contributed by atoms with Crippen LogP contribution in [0.25, 0.3) is 0 Å². The van der Waals surface area contributed by atoms with Crippen LogP contribution >= 0.6 is 0 Å². The van der Waals surface area contributed by atoms with E-state index >= 15 is 0 Å². The van der Waals surface area contributed by atoms with Gasteiger partial charge in [0.25, 0.3) is 0 Å².